The molecule has 2 rings (SSSR count). The van der Waals surface area contributed by atoms with Gasteiger partial charge in [-0.1, -0.05) is 26.7 Å². The Labute approximate surface area is 106 Å². The van der Waals surface area contributed by atoms with Crippen molar-refractivity contribution >= 4 is 0 Å². The molecule has 0 unspecified atom stereocenters. The molecule has 0 aromatic heterocycles. The Morgan fingerprint density at radius 1 is 1.12 bits per heavy atom. The van der Waals surface area contributed by atoms with Crippen molar-refractivity contribution in [2.45, 2.75) is 64.5 Å². The molecule has 0 amide bonds. The highest BCUT2D eigenvalue weighted by Gasteiger charge is 2.22. The van der Waals surface area contributed by atoms with Gasteiger partial charge in [0.25, 0.3) is 0 Å². The molecule has 0 spiro atoms. The topological polar surface area (TPSA) is 24.5 Å². The molecule has 0 atom stereocenters. The molecule has 17 heavy (non-hydrogen) atoms. The summed E-state index contributed by atoms with van der Waals surface area (Å²) in [6.07, 6.45) is 8.15. The third kappa shape index (κ3) is 4.57. The van der Waals surface area contributed by atoms with Crippen molar-refractivity contribution in [3.8, 4) is 0 Å². The minimum absolute atomic E-state index is 0.490. The van der Waals surface area contributed by atoms with E-state index in [9.17, 15) is 0 Å². The van der Waals surface area contributed by atoms with Gasteiger partial charge in [-0.25, -0.2) is 0 Å². The van der Waals surface area contributed by atoms with Crippen molar-refractivity contribution in [3.05, 3.63) is 0 Å². The van der Waals surface area contributed by atoms with Gasteiger partial charge < -0.3 is 4.90 Å². The summed E-state index contributed by atoms with van der Waals surface area (Å²) in [6.45, 7) is 8.30. The summed E-state index contributed by atoms with van der Waals surface area (Å²) in [5.74, 6) is 0.786. The fourth-order valence-corrected chi connectivity index (χ4v) is 2.95. The van der Waals surface area contributed by atoms with Crippen LogP contribution in [0.25, 0.3) is 0 Å². The van der Waals surface area contributed by atoms with E-state index >= 15 is 0 Å². The number of nitrogens with zero attached hydrogens (tertiary/aromatic N) is 1. The highest BCUT2D eigenvalue weighted by atomic mass is 16.7. The van der Waals surface area contributed by atoms with Crippen LogP contribution in [-0.4, -0.2) is 36.7 Å². The Kier molecular flexibility index (Phi) is 5.26. The molecule has 1 N–H and O–H groups in total. The molecule has 3 nitrogen and oxygen atoms in total. The molecule has 0 bridgehead atoms. The molecule has 0 aromatic carbocycles. The van der Waals surface area contributed by atoms with Crippen LogP contribution in [0.5, 0.6) is 0 Å². The minimum atomic E-state index is 0.490. The first-order valence-electron chi connectivity index (χ1n) is 7.37. The third-order valence-electron chi connectivity index (χ3n) is 3.91. The first kappa shape index (κ1) is 13.3. The lowest BCUT2D eigenvalue weighted by Gasteiger charge is -2.33. The molecule has 100 valence electrons. The molecule has 2 fully saturated rings. The average molecular weight is 240 g/mol. The molecule has 0 aromatic rings. The Balaban J connectivity index is 1.58. The second kappa shape index (κ2) is 6.72. The second-order valence-electron chi connectivity index (χ2n) is 6.11. The summed E-state index contributed by atoms with van der Waals surface area (Å²) < 4.78 is 0. The van der Waals surface area contributed by atoms with Crippen LogP contribution in [0.2, 0.25) is 0 Å². The van der Waals surface area contributed by atoms with Crippen LogP contribution in [-0.2, 0) is 4.84 Å². The molecule has 1 saturated heterocycles. The SMILES string of the molecule is CC(C)CN1CCC(NOC2CCCC2)CC1. The largest absolute Gasteiger partial charge is 0.303 e. The normalized spacial score (nSPS) is 24.9. The summed E-state index contributed by atoms with van der Waals surface area (Å²) in [5, 5.41) is 0. The predicted octanol–water partition coefficient (Wildman–Crippen LogP) is 2.57. The maximum atomic E-state index is 5.79. The van der Waals surface area contributed by atoms with Crippen molar-refractivity contribution < 1.29 is 4.84 Å². The summed E-state index contributed by atoms with van der Waals surface area (Å²) in [5.41, 5.74) is 3.31. The van der Waals surface area contributed by atoms with E-state index in [2.05, 4.69) is 24.2 Å². The quantitative estimate of drug-likeness (QED) is 0.748. The number of hydroxylamine groups is 1. The van der Waals surface area contributed by atoms with Gasteiger partial charge in [0.15, 0.2) is 0 Å². The molecular weight excluding hydrogens is 212 g/mol. The van der Waals surface area contributed by atoms with Crippen LogP contribution in [0.1, 0.15) is 52.4 Å². The molecule has 1 aliphatic carbocycles. The van der Waals surface area contributed by atoms with E-state index in [0.29, 0.717) is 12.1 Å². The average Bonchev–Trinajstić information content (AvgIpc) is 2.80. The first-order valence-corrected chi connectivity index (χ1v) is 7.37. The van der Waals surface area contributed by atoms with E-state index in [-0.39, 0.29) is 0 Å². The van der Waals surface area contributed by atoms with Crippen LogP contribution in [0.15, 0.2) is 0 Å². The third-order valence-corrected chi connectivity index (χ3v) is 3.91. The van der Waals surface area contributed by atoms with E-state index in [0.717, 1.165) is 5.92 Å². The molecule has 1 heterocycles. The van der Waals surface area contributed by atoms with Crippen LogP contribution in [0.4, 0.5) is 0 Å². The Morgan fingerprint density at radius 3 is 2.35 bits per heavy atom. The highest BCUT2D eigenvalue weighted by Crippen LogP contribution is 2.21. The highest BCUT2D eigenvalue weighted by molar-refractivity contribution is 4.76. The fourth-order valence-electron chi connectivity index (χ4n) is 2.95. The monoisotopic (exact) mass is 240 g/mol. The van der Waals surface area contributed by atoms with Crippen molar-refractivity contribution in [2.24, 2.45) is 5.92 Å². The number of rotatable bonds is 5. The van der Waals surface area contributed by atoms with Gasteiger partial charge in [-0.05, 0) is 44.7 Å². The number of nitrogens with one attached hydrogen (secondary N) is 1. The molecule has 0 radical (unpaired) electrons. The van der Waals surface area contributed by atoms with E-state index in [1.54, 1.807) is 0 Å². The summed E-state index contributed by atoms with van der Waals surface area (Å²) in [6, 6.07) is 0.582. The van der Waals surface area contributed by atoms with E-state index in [1.165, 1.54) is 58.2 Å². The summed E-state index contributed by atoms with van der Waals surface area (Å²) in [4.78, 5) is 8.37. The zero-order valence-corrected chi connectivity index (χ0v) is 11.5. The fraction of sp³-hybridized carbons (Fsp3) is 1.00. The van der Waals surface area contributed by atoms with E-state index < -0.39 is 0 Å². The lowest BCUT2D eigenvalue weighted by Crippen LogP contribution is -2.44. The summed E-state index contributed by atoms with van der Waals surface area (Å²) >= 11 is 0. The van der Waals surface area contributed by atoms with Crippen LogP contribution >= 0.6 is 0 Å². The van der Waals surface area contributed by atoms with Gasteiger partial charge >= 0.3 is 0 Å². The van der Waals surface area contributed by atoms with Crippen LogP contribution < -0.4 is 5.48 Å². The Hall–Kier alpha value is -0.120. The lowest BCUT2D eigenvalue weighted by molar-refractivity contribution is -0.0507. The zero-order chi connectivity index (χ0) is 12.1. The Bertz CT molecular complexity index is 206. The molecular formula is C14H28N2O. The molecule has 3 heteroatoms. The van der Waals surface area contributed by atoms with Gasteiger partial charge in [0.2, 0.25) is 0 Å². The Morgan fingerprint density at radius 2 is 1.76 bits per heavy atom. The van der Waals surface area contributed by atoms with Crippen LogP contribution in [0, 0.1) is 5.92 Å². The smallest absolute Gasteiger partial charge is 0.0790 e. The standard InChI is InChI=1S/C14H28N2O/c1-12(2)11-16-9-7-13(8-10-16)15-17-14-5-3-4-6-14/h12-15H,3-11H2,1-2H3. The van der Waals surface area contributed by atoms with Crippen LogP contribution in [0.3, 0.4) is 0 Å². The summed E-state index contributed by atoms with van der Waals surface area (Å²) in [7, 11) is 0. The van der Waals surface area contributed by atoms with Gasteiger partial charge in [-0.3, -0.25) is 4.84 Å². The molecule has 2 aliphatic rings. The number of hydrogen-bond acceptors (Lipinski definition) is 3. The maximum absolute atomic E-state index is 5.79. The predicted molar refractivity (Wildman–Crippen MR) is 70.8 cm³/mol. The van der Waals surface area contributed by atoms with Crippen molar-refractivity contribution in [2.75, 3.05) is 19.6 Å². The zero-order valence-electron chi connectivity index (χ0n) is 11.5. The van der Waals surface area contributed by atoms with Gasteiger partial charge in [0.05, 0.1) is 6.10 Å². The molecule has 1 saturated carbocycles. The van der Waals surface area contributed by atoms with E-state index in [1.807, 2.05) is 0 Å². The lowest BCUT2D eigenvalue weighted by atomic mass is 10.0. The van der Waals surface area contributed by atoms with Crippen molar-refractivity contribution in [3.63, 3.8) is 0 Å². The molecule has 1 aliphatic heterocycles. The van der Waals surface area contributed by atoms with Gasteiger partial charge in [-0.15, -0.1) is 0 Å². The van der Waals surface area contributed by atoms with E-state index in [4.69, 9.17) is 4.84 Å². The number of likely N-dealkylation sites (tertiary alicyclic amines) is 1. The minimum Gasteiger partial charge on any atom is -0.303 e. The number of piperidine rings is 1. The van der Waals surface area contributed by atoms with Crippen molar-refractivity contribution in [1.29, 1.82) is 0 Å². The maximum Gasteiger partial charge on any atom is 0.0790 e. The first-order chi connectivity index (χ1) is 8.24. The van der Waals surface area contributed by atoms with Gasteiger partial charge in [-0.2, -0.15) is 5.48 Å². The van der Waals surface area contributed by atoms with Crippen molar-refractivity contribution in [1.82, 2.24) is 10.4 Å². The number of hydrogen-bond donors (Lipinski definition) is 1. The second-order valence-corrected chi connectivity index (χ2v) is 6.11. The van der Waals surface area contributed by atoms with Gasteiger partial charge in [0.1, 0.15) is 0 Å². The van der Waals surface area contributed by atoms with Gasteiger partial charge in [0, 0.05) is 12.6 Å².